The van der Waals surface area contributed by atoms with Crippen molar-refractivity contribution in [3.05, 3.63) is 34.9 Å². The molecule has 2 unspecified atom stereocenters. The predicted octanol–water partition coefficient (Wildman–Crippen LogP) is 4.48. The molecule has 2 aliphatic heterocycles. The fourth-order valence-corrected chi connectivity index (χ4v) is 5.61. The highest BCUT2D eigenvalue weighted by molar-refractivity contribution is 8.00. The molecule has 0 radical (unpaired) electrons. The van der Waals surface area contributed by atoms with E-state index in [1.165, 1.54) is 36.0 Å². The van der Waals surface area contributed by atoms with E-state index in [4.69, 9.17) is 0 Å². The standard InChI is InChI=1S/C18H24OS/c1-12-5-3-6-13(2)17(12)11-18(19)14-9-15-7-4-8-16(10-14)20-15/h3,5-6,14-16H,4,7-11H2,1-2H3. The highest BCUT2D eigenvalue weighted by atomic mass is 32.2. The topological polar surface area (TPSA) is 17.1 Å². The molecule has 0 N–H and O–H groups in total. The number of carbonyl (C=O) groups is 1. The number of hydrogen-bond acceptors (Lipinski definition) is 2. The van der Waals surface area contributed by atoms with Crippen LogP contribution in [0, 0.1) is 19.8 Å². The molecule has 2 bridgehead atoms. The minimum absolute atomic E-state index is 0.325. The van der Waals surface area contributed by atoms with Crippen molar-refractivity contribution in [2.45, 2.75) is 62.9 Å². The minimum Gasteiger partial charge on any atom is -0.299 e. The van der Waals surface area contributed by atoms with Crippen LogP contribution >= 0.6 is 11.8 Å². The summed E-state index contributed by atoms with van der Waals surface area (Å²) in [6.45, 7) is 4.25. The number of Topliss-reactive ketones (excluding diaryl/α,β-unsaturated/α-hetero) is 1. The molecule has 1 nitrogen and oxygen atoms in total. The van der Waals surface area contributed by atoms with Crippen LogP contribution in [-0.2, 0) is 11.2 Å². The zero-order valence-corrected chi connectivity index (χ0v) is 13.3. The molecule has 20 heavy (non-hydrogen) atoms. The predicted molar refractivity (Wildman–Crippen MR) is 86.4 cm³/mol. The number of thioether (sulfide) groups is 1. The monoisotopic (exact) mass is 288 g/mol. The first-order valence-corrected chi connectivity index (χ1v) is 8.81. The maximum Gasteiger partial charge on any atom is 0.140 e. The van der Waals surface area contributed by atoms with Gasteiger partial charge in [0.25, 0.3) is 0 Å². The second kappa shape index (κ2) is 5.93. The summed E-state index contributed by atoms with van der Waals surface area (Å²) in [5.41, 5.74) is 3.80. The van der Waals surface area contributed by atoms with E-state index in [9.17, 15) is 4.79 Å². The molecule has 108 valence electrons. The zero-order valence-electron chi connectivity index (χ0n) is 12.5. The van der Waals surface area contributed by atoms with Crippen molar-refractivity contribution in [3.8, 4) is 0 Å². The molecule has 1 aromatic carbocycles. The summed E-state index contributed by atoms with van der Waals surface area (Å²) >= 11 is 2.15. The summed E-state index contributed by atoms with van der Waals surface area (Å²) in [4.78, 5) is 12.7. The van der Waals surface area contributed by atoms with Gasteiger partial charge in [0.2, 0.25) is 0 Å². The smallest absolute Gasteiger partial charge is 0.140 e. The molecule has 0 amide bonds. The first kappa shape index (κ1) is 14.2. The lowest BCUT2D eigenvalue weighted by Crippen LogP contribution is -2.33. The van der Waals surface area contributed by atoms with Crippen molar-refractivity contribution in [1.29, 1.82) is 0 Å². The van der Waals surface area contributed by atoms with Crippen LogP contribution in [0.2, 0.25) is 0 Å². The average molecular weight is 288 g/mol. The van der Waals surface area contributed by atoms with Crippen LogP contribution < -0.4 is 0 Å². The van der Waals surface area contributed by atoms with E-state index in [1.807, 2.05) is 0 Å². The van der Waals surface area contributed by atoms with Crippen LogP contribution in [0.4, 0.5) is 0 Å². The second-order valence-electron chi connectivity index (χ2n) is 6.49. The van der Waals surface area contributed by atoms with Gasteiger partial charge in [0, 0.05) is 22.8 Å². The van der Waals surface area contributed by atoms with Crippen molar-refractivity contribution in [2.75, 3.05) is 0 Å². The third-order valence-electron chi connectivity index (χ3n) is 4.98. The molecule has 3 rings (SSSR count). The molecule has 2 saturated heterocycles. The lowest BCUT2D eigenvalue weighted by atomic mass is 9.84. The molecule has 0 spiro atoms. The van der Waals surface area contributed by atoms with Gasteiger partial charge in [0.15, 0.2) is 0 Å². The molecule has 2 aliphatic rings. The SMILES string of the molecule is Cc1cccc(C)c1CC(=O)C1CC2CCCC(C1)S2. The maximum absolute atomic E-state index is 12.7. The lowest BCUT2D eigenvalue weighted by molar-refractivity contribution is -0.122. The Balaban J connectivity index is 1.70. The third kappa shape index (κ3) is 2.95. The number of rotatable bonds is 3. The Labute approximate surface area is 126 Å². The lowest BCUT2D eigenvalue weighted by Gasteiger charge is -2.38. The van der Waals surface area contributed by atoms with E-state index in [-0.39, 0.29) is 0 Å². The quantitative estimate of drug-likeness (QED) is 0.815. The van der Waals surface area contributed by atoms with Crippen LogP contribution in [0.3, 0.4) is 0 Å². The van der Waals surface area contributed by atoms with Gasteiger partial charge in [-0.25, -0.2) is 0 Å². The van der Waals surface area contributed by atoms with Crippen LogP contribution in [0.15, 0.2) is 18.2 Å². The van der Waals surface area contributed by atoms with Crippen molar-refractivity contribution in [1.82, 2.24) is 0 Å². The third-order valence-corrected chi connectivity index (χ3v) is 6.61. The molecule has 2 fully saturated rings. The molecule has 2 heteroatoms. The average Bonchev–Trinajstić information content (AvgIpc) is 2.42. The Morgan fingerprint density at radius 1 is 1.15 bits per heavy atom. The van der Waals surface area contributed by atoms with Crippen molar-refractivity contribution in [3.63, 3.8) is 0 Å². The largest absolute Gasteiger partial charge is 0.299 e. The fourth-order valence-electron chi connectivity index (χ4n) is 3.77. The number of ketones is 1. The Kier molecular flexibility index (Phi) is 4.21. The number of fused-ring (bicyclic) bond motifs is 2. The van der Waals surface area contributed by atoms with Gasteiger partial charge in [-0.15, -0.1) is 0 Å². The first-order valence-electron chi connectivity index (χ1n) is 7.86. The molecular formula is C18H24OS. The molecule has 0 aromatic heterocycles. The molecule has 2 heterocycles. The van der Waals surface area contributed by atoms with Gasteiger partial charge in [-0.1, -0.05) is 24.6 Å². The van der Waals surface area contributed by atoms with E-state index in [2.05, 4.69) is 43.8 Å². The van der Waals surface area contributed by atoms with Gasteiger partial charge in [0.1, 0.15) is 5.78 Å². The Morgan fingerprint density at radius 3 is 2.35 bits per heavy atom. The van der Waals surface area contributed by atoms with Gasteiger partial charge in [-0.3, -0.25) is 4.79 Å². The normalized spacial score (nSPS) is 29.2. The van der Waals surface area contributed by atoms with E-state index in [1.54, 1.807) is 0 Å². The molecule has 0 aliphatic carbocycles. The molecule has 0 saturated carbocycles. The van der Waals surface area contributed by atoms with Gasteiger partial charge in [0.05, 0.1) is 0 Å². The molecular weight excluding hydrogens is 264 g/mol. The summed E-state index contributed by atoms with van der Waals surface area (Å²) < 4.78 is 0. The minimum atomic E-state index is 0.325. The van der Waals surface area contributed by atoms with Gasteiger partial charge in [-0.05, 0) is 56.2 Å². The number of aryl methyl sites for hydroxylation is 2. The number of hydrogen-bond donors (Lipinski definition) is 0. The summed E-state index contributed by atoms with van der Waals surface area (Å²) in [6, 6.07) is 6.34. The van der Waals surface area contributed by atoms with Gasteiger partial charge < -0.3 is 0 Å². The Bertz CT molecular complexity index is 476. The fraction of sp³-hybridized carbons (Fsp3) is 0.611. The van der Waals surface area contributed by atoms with Crippen molar-refractivity contribution >= 4 is 17.5 Å². The maximum atomic E-state index is 12.7. The van der Waals surface area contributed by atoms with E-state index in [0.29, 0.717) is 18.1 Å². The number of carbonyl (C=O) groups excluding carboxylic acids is 1. The van der Waals surface area contributed by atoms with Crippen LogP contribution in [0.25, 0.3) is 0 Å². The summed E-state index contributed by atoms with van der Waals surface area (Å²) in [6.07, 6.45) is 6.94. The van der Waals surface area contributed by atoms with Crippen LogP contribution in [0.1, 0.15) is 48.8 Å². The first-order chi connectivity index (χ1) is 9.63. The Morgan fingerprint density at radius 2 is 1.75 bits per heavy atom. The zero-order chi connectivity index (χ0) is 14.1. The highest BCUT2D eigenvalue weighted by Crippen LogP contribution is 2.44. The highest BCUT2D eigenvalue weighted by Gasteiger charge is 2.35. The van der Waals surface area contributed by atoms with E-state index in [0.717, 1.165) is 23.3 Å². The van der Waals surface area contributed by atoms with E-state index < -0.39 is 0 Å². The number of benzene rings is 1. The molecule has 2 atom stereocenters. The summed E-state index contributed by atoms with van der Waals surface area (Å²) in [7, 11) is 0. The second-order valence-corrected chi connectivity index (χ2v) is 8.10. The van der Waals surface area contributed by atoms with E-state index >= 15 is 0 Å². The van der Waals surface area contributed by atoms with Crippen LogP contribution in [-0.4, -0.2) is 16.3 Å². The van der Waals surface area contributed by atoms with Gasteiger partial charge in [-0.2, -0.15) is 11.8 Å². The molecule has 1 aromatic rings. The summed E-state index contributed by atoms with van der Waals surface area (Å²) in [5.74, 6) is 0.810. The van der Waals surface area contributed by atoms with Crippen molar-refractivity contribution in [2.24, 2.45) is 5.92 Å². The Hall–Kier alpha value is -0.760. The van der Waals surface area contributed by atoms with Crippen molar-refractivity contribution < 1.29 is 4.79 Å². The summed E-state index contributed by atoms with van der Waals surface area (Å²) in [5, 5.41) is 1.52. The van der Waals surface area contributed by atoms with Crippen LogP contribution in [0.5, 0.6) is 0 Å². The van der Waals surface area contributed by atoms with Gasteiger partial charge >= 0.3 is 0 Å².